The van der Waals surface area contributed by atoms with Gasteiger partial charge in [0, 0.05) is 30.3 Å². The lowest BCUT2D eigenvalue weighted by Gasteiger charge is -2.03. The zero-order valence-corrected chi connectivity index (χ0v) is 11.1. The Hall–Kier alpha value is -2.34. The number of aromatic amines is 1. The fourth-order valence-electron chi connectivity index (χ4n) is 1.91. The van der Waals surface area contributed by atoms with Crippen LogP contribution in [0.3, 0.4) is 0 Å². The molecule has 0 aliphatic carbocycles. The number of guanidine groups is 1. The fourth-order valence-corrected chi connectivity index (χ4v) is 1.91. The smallest absolute Gasteiger partial charge is 0.260 e. The number of benzene rings is 1. The average Bonchev–Trinajstić information content (AvgIpc) is 2.87. The first-order valence-electron chi connectivity index (χ1n) is 6.50. The molecule has 0 saturated carbocycles. The number of amides is 1. The number of hydrogen-bond donors (Lipinski definition) is 4. The molecule has 0 unspecified atom stereocenters. The lowest BCUT2D eigenvalue weighted by Crippen LogP contribution is -2.36. The predicted octanol–water partition coefficient (Wildman–Crippen LogP) is 0.985. The number of nitrogens with one attached hydrogen (secondary N) is 2. The summed E-state index contributed by atoms with van der Waals surface area (Å²) in [5.74, 6) is -0.191. The molecule has 6 nitrogen and oxygen atoms in total. The molecule has 0 spiro atoms. The number of H-pyrrole nitrogens is 1. The van der Waals surface area contributed by atoms with Crippen molar-refractivity contribution in [3.8, 4) is 0 Å². The lowest BCUT2D eigenvalue weighted by atomic mass is 10.1. The van der Waals surface area contributed by atoms with Crippen molar-refractivity contribution in [2.45, 2.75) is 12.8 Å². The molecule has 1 amide bonds. The summed E-state index contributed by atoms with van der Waals surface area (Å²) in [6, 6.07) is 7.55. The minimum Gasteiger partial charge on any atom is -0.396 e. The summed E-state index contributed by atoms with van der Waals surface area (Å²) < 4.78 is 0. The number of aromatic nitrogens is 1. The normalized spacial score (nSPS) is 11.8. The Morgan fingerprint density at radius 1 is 1.35 bits per heavy atom. The summed E-state index contributed by atoms with van der Waals surface area (Å²) >= 11 is 0. The summed E-state index contributed by atoms with van der Waals surface area (Å²) in [5, 5.41) is 12.1. The van der Waals surface area contributed by atoms with Crippen molar-refractivity contribution in [3.63, 3.8) is 0 Å². The van der Waals surface area contributed by atoms with Crippen LogP contribution in [0, 0.1) is 0 Å². The quantitative estimate of drug-likeness (QED) is 0.371. The van der Waals surface area contributed by atoms with E-state index in [4.69, 9.17) is 10.8 Å². The first-order chi connectivity index (χ1) is 9.72. The van der Waals surface area contributed by atoms with Crippen molar-refractivity contribution in [3.05, 3.63) is 36.0 Å². The van der Waals surface area contributed by atoms with Gasteiger partial charge < -0.3 is 15.8 Å². The average molecular weight is 274 g/mol. The van der Waals surface area contributed by atoms with E-state index in [9.17, 15) is 4.79 Å². The summed E-state index contributed by atoms with van der Waals surface area (Å²) in [6.07, 6.45) is 3.06. The molecule has 6 heteroatoms. The standard InChI is InChI=1S/C14H18N4O2/c15-14(16-7-3-4-8-19)18-13(20)11-9-17-12-6-2-1-5-10(11)12/h1-2,5-6,9,17,19H,3-4,7-8H2,(H3,15,16,18,20). The number of aliphatic hydroxyl groups excluding tert-OH is 1. The number of nitrogens with two attached hydrogens (primary N) is 1. The highest BCUT2D eigenvalue weighted by atomic mass is 16.2. The molecule has 0 aliphatic rings. The van der Waals surface area contributed by atoms with Crippen LogP contribution in [0.15, 0.2) is 35.5 Å². The third-order valence-corrected chi connectivity index (χ3v) is 2.92. The van der Waals surface area contributed by atoms with E-state index in [0.717, 1.165) is 17.3 Å². The number of rotatable bonds is 5. The molecule has 0 aliphatic heterocycles. The SMILES string of the molecule is NC(=NCCCCO)NC(=O)c1c[nH]c2ccccc12. The number of unbranched alkanes of at least 4 members (excludes halogenated alkanes) is 1. The van der Waals surface area contributed by atoms with Gasteiger partial charge in [0.15, 0.2) is 5.96 Å². The van der Waals surface area contributed by atoms with Gasteiger partial charge in [-0.2, -0.15) is 0 Å². The molecule has 2 aromatic rings. The van der Waals surface area contributed by atoms with E-state index in [2.05, 4.69) is 15.3 Å². The van der Waals surface area contributed by atoms with Gasteiger partial charge in [-0.3, -0.25) is 15.1 Å². The predicted molar refractivity (Wildman–Crippen MR) is 78.6 cm³/mol. The monoisotopic (exact) mass is 274 g/mol. The molecule has 1 aromatic carbocycles. The van der Waals surface area contributed by atoms with Crippen molar-refractivity contribution < 1.29 is 9.90 Å². The number of fused-ring (bicyclic) bond motifs is 1. The van der Waals surface area contributed by atoms with E-state index >= 15 is 0 Å². The van der Waals surface area contributed by atoms with E-state index in [1.807, 2.05) is 24.3 Å². The molecule has 0 saturated heterocycles. The molecule has 20 heavy (non-hydrogen) atoms. The van der Waals surface area contributed by atoms with Gasteiger partial charge in [0.2, 0.25) is 0 Å². The highest BCUT2D eigenvalue weighted by Gasteiger charge is 2.12. The maximum absolute atomic E-state index is 12.1. The van der Waals surface area contributed by atoms with E-state index in [1.165, 1.54) is 0 Å². The zero-order chi connectivity index (χ0) is 14.4. The van der Waals surface area contributed by atoms with Crippen LogP contribution < -0.4 is 11.1 Å². The number of carbonyl (C=O) groups is 1. The zero-order valence-electron chi connectivity index (χ0n) is 11.1. The molecule has 1 heterocycles. The Balaban J connectivity index is 2.01. The first kappa shape index (κ1) is 14.1. The molecule has 5 N–H and O–H groups in total. The van der Waals surface area contributed by atoms with Gasteiger partial charge in [0.05, 0.1) is 5.56 Å². The molecule has 0 atom stereocenters. The minimum absolute atomic E-state index is 0.0956. The van der Waals surface area contributed by atoms with Gasteiger partial charge >= 0.3 is 0 Å². The summed E-state index contributed by atoms with van der Waals surface area (Å²) in [5.41, 5.74) is 7.09. The number of carbonyl (C=O) groups excluding carboxylic acids is 1. The molecule has 0 fully saturated rings. The highest BCUT2D eigenvalue weighted by Crippen LogP contribution is 2.17. The fraction of sp³-hybridized carbons (Fsp3) is 0.286. The van der Waals surface area contributed by atoms with Crippen molar-refractivity contribution in [2.75, 3.05) is 13.2 Å². The van der Waals surface area contributed by atoms with Crippen LogP contribution >= 0.6 is 0 Å². The number of hydrogen-bond acceptors (Lipinski definition) is 3. The van der Waals surface area contributed by atoms with Gasteiger partial charge in [0.25, 0.3) is 5.91 Å². The topological polar surface area (TPSA) is 104 Å². The Labute approximate surface area is 116 Å². The van der Waals surface area contributed by atoms with Gasteiger partial charge in [-0.15, -0.1) is 0 Å². The van der Waals surface area contributed by atoms with Crippen molar-refractivity contribution in [1.29, 1.82) is 0 Å². The Morgan fingerprint density at radius 3 is 2.95 bits per heavy atom. The summed E-state index contributed by atoms with van der Waals surface area (Å²) in [4.78, 5) is 19.2. The van der Waals surface area contributed by atoms with E-state index in [-0.39, 0.29) is 18.5 Å². The van der Waals surface area contributed by atoms with E-state index in [1.54, 1.807) is 6.20 Å². The third kappa shape index (κ3) is 3.36. The molecule has 2 rings (SSSR count). The maximum Gasteiger partial charge on any atom is 0.260 e. The number of nitrogens with zero attached hydrogens (tertiary/aromatic N) is 1. The molecular weight excluding hydrogens is 256 g/mol. The van der Waals surface area contributed by atoms with Gasteiger partial charge in [-0.25, -0.2) is 0 Å². The highest BCUT2D eigenvalue weighted by molar-refractivity contribution is 6.12. The van der Waals surface area contributed by atoms with Crippen LogP contribution in [0.2, 0.25) is 0 Å². The van der Waals surface area contributed by atoms with Crippen LogP contribution in [0.5, 0.6) is 0 Å². The minimum atomic E-state index is -0.286. The molecular formula is C14H18N4O2. The third-order valence-electron chi connectivity index (χ3n) is 2.92. The van der Waals surface area contributed by atoms with Gasteiger partial charge in [-0.05, 0) is 18.9 Å². The van der Waals surface area contributed by atoms with Crippen LogP contribution in [0.1, 0.15) is 23.2 Å². The Bertz CT molecular complexity index is 618. The van der Waals surface area contributed by atoms with E-state index in [0.29, 0.717) is 18.5 Å². The van der Waals surface area contributed by atoms with Crippen LogP contribution in [-0.4, -0.2) is 35.1 Å². The first-order valence-corrected chi connectivity index (χ1v) is 6.50. The largest absolute Gasteiger partial charge is 0.396 e. The second kappa shape index (κ2) is 6.72. The number of aliphatic hydroxyl groups is 1. The molecule has 0 radical (unpaired) electrons. The van der Waals surface area contributed by atoms with E-state index < -0.39 is 0 Å². The summed E-state index contributed by atoms with van der Waals surface area (Å²) in [7, 11) is 0. The van der Waals surface area contributed by atoms with Crippen LogP contribution in [0.25, 0.3) is 10.9 Å². The summed E-state index contributed by atoms with van der Waals surface area (Å²) in [6.45, 7) is 0.623. The lowest BCUT2D eigenvalue weighted by molar-refractivity contribution is 0.0978. The Morgan fingerprint density at radius 2 is 2.15 bits per heavy atom. The van der Waals surface area contributed by atoms with Crippen molar-refractivity contribution >= 4 is 22.8 Å². The Kier molecular flexibility index (Phi) is 4.73. The van der Waals surface area contributed by atoms with Crippen LogP contribution in [0.4, 0.5) is 0 Å². The maximum atomic E-state index is 12.1. The second-order valence-electron chi connectivity index (χ2n) is 4.40. The molecule has 1 aromatic heterocycles. The molecule has 0 bridgehead atoms. The van der Waals surface area contributed by atoms with Crippen LogP contribution in [-0.2, 0) is 0 Å². The van der Waals surface area contributed by atoms with Gasteiger partial charge in [0.1, 0.15) is 0 Å². The van der Waals surface area contributed by atoms with Crippen molar-refractivity contribution in [1.82, 2.24) is 10.3 Å². The number of aliphatic imine (C=N–C) groups is 1. The van der Waals surface area contributed by atoms with Gasteiger partial charge in [-0.1, -0.05) is 18.2 Å². The van der Waals surface area contributed by atoms with Crippen molar-refractivity contribution in [2.24, 2.45) is 10.7 Å². The second-order valence-corrected chi connectivity index (χ2v) is 4.40. The molecule has 106 valence electrons. The number of para-hydroxylation sites is 1.